The van der Waals surface area contributed by atoms with Crippen LogP contribution in [0, 0.1) is 6.92 Å². The molecular formula is C14H14Br2S. The molecule has 0 fully saturated rings. The first-order chi connectivity index (χ1) is 8.11. The van der Waals surface area contributed by atoms with E-state index in [1.807, 2.05) is 11.3 Å². The minimum atomic E-state index is 0.305. The number of halogens is 2. The molecule has 3 heteroatoms. The number of thiophene rings is 1. The van der Waals surface area contributed by atoms with Crippen LogP contribution in [0.5, 0.6) is 0 Å². The molecule has 0 amide bonds. The largest absolute Gasteiger partial charge is 0.144 e. The fourth-order valence-corrected chi connectivity index (χ4v) is 3.63. The van der Waals surface area contributed by atoms with Crippen molar-refractivity contribution < 1.29 is 0 Å². The van der Waals surface area contributed by atoms with Crippen molar-refractivity contribution in [3.8, 4) is 0 Å². The molecule has 0 aliphatic carbocycles. The lowest BCUT2D eigenvalue weighted by Crippen LogP contribution is -1.90. The molecule has 1 aromatic heterocycles. The van der Waals surface area contributed by atoms with Crippen LogP contribution < -0.4 is 0 Å². The predicted octanol–water partition coefficient (Wildman–Crippen LogP) is 5.87. The Morgan fingerprint density at radius 2 is 2.00 bits per heavy atom. The molecule has 1 unspecified atom stereocenters. The van der Waals surface area contributed by atoms with E-state index in [1.165, 1.54) is 25.4 Å². The molecule has 0 spiro atoms. The van der Waals surface area contributed by atoms with Crippen LogP contribution in [0.3, 0.4) is 0 Å². The number of hydrogen-bond donors (Lipinski definition) is 0. The molecule has 0 bridgehead atoms. The van der Waals surface area contributed by atoms with Gasteiger partial charge < -0.3 is 0 Å². The van der Waals surface area contributed by atoms with E-state index in [9.17, 15) is 0 Å². The minimum absolute atomic E-state index is 0.305. The van der Waals surface area contributed by atoms with Crippen molar-refractivity contribution in [1.29, 1.82) is 0 Å². The van der Waals surface area contributed by atoms with Gasteiger partial charge in [0.2, 0.25) is 0 Å². The first kappa shape index (κ1) is 13.3. The van der Waals surface area contributed by atoms with Gasteiger partial charge in [0, 0.05) is 14.2 Å². The lowest BCUT2D eigenvalue weighted by molar-refractivity contribution is 1.19. The van der Waals surface area contributed by atoms with Crippen molar-refractivity contribution >= 4 is 43.2 Å². The fourth-order valence-electron chi connectivity index (χ4n) is 1.71. The molecule has 2 rings (SSSR count). The highest BCUT2D eigenvalue weighted by molar-refractivity contribution is 9.10. The molecule has 1 heterocycles. The van der Waals surface area contributed by atoms with Crippen LogP contribution in [-0.2, 0) is 6.42 Å². The molecule has 0 aliphatic heterocycles. The molecule has 0 saturated carbocycles. The van der Waals surface area contributed by atoms with Crippen molar-refractivity contribution in [2.24, 2.45) is 0 Å². The van der Waals surface area contributed by atoms with Crippen molar-refractivity contribution in [2.45, 2.75) is 25.1 Å². The van der Waals surface area contributed by atoms with Gasteiger partial charge in [0.1, 0.15) is 0 Å². The smallest absolute Gasteiger partial charge is 0.0738 e. The summed E-state index contributed by atoms with van der Waals surface area (Å²) >= 11 is 9.22. The maximum Gasteiger partial charge on any atom is 0.0738 e. The summed E-state index contributed by atoms with van der Waals surface area (Å²) in [6.07, 6.45) is 1.11. The van der Waals surface area contributed by atoms with Gasteiger partial charge in [-0.05, 0) is 42.7 Å². The third-order valence-electron chi connectivity index (χ3n) is 2.76. The maximum absolute atomic E-state index is 3.79. The van der Waals surface area contributed by atoms with Gasteiger partial charge in [-0.2, -0.15) is 0 Å². The molecule has 0 saturated heterocycles. The summed E-state index contributed by atoms with van der Waals surface area (Å²) in [7, 11) is 0. The number of hydrogen-bond acceptors (Lipinski definition) is 1. The Hall–Kier alpha value is -0.120. The molecular weight excluding hydrogens is 360 g/mol. The summed E-state index contributed by atoms with van der Waals surface area (Å²) in [6.45, 7) is 4.32. The SMILES string of the molecule is CCc1ccc(C(Br)c2ccc(Br)c(C)c2)s1. The van der Waals surface area contributed by atoms with E-state index < -0.39 is 0 Å². The van der Waals surface area contributed by atoms with E-state index in [0.29, 0.717) is 4.83 Å². The molecule has 17 heavy (non-hydrogen) atoms. The van der Waals surface area contributed by atoms with Crippen LogP contribution in [0.15, 0.2) is 34.8 Å². The first-order valence-electron chi connectivity index (χ1n) is 5.60. The Labute approximate surface area is 123 Å². The summed E-state index contributed by atoms with van der Waals surface area (Å²) in [5.74, 6) is 0. The lowest BCUT2D eigenvalue weighted by Gasteiger charge is -2.09. The van der Waals surface area contributed by atoms with Gasteiger partial charge in [-0.1, -0.05) is 50.9 Å². The Morgan fingerprint density at radius 3 is 2.59 bits per heavy atom. The summed E-state index contributed by atoms with van der Waals surface area (Å²) in [5, 5.41) is 0. The Bertz CT molecular complexity index is 517. The molecule has 2 aromatic rings. The van der Waals surface area contributed by atoms with Crippen LogP contribution in [0.25, 0.3) is 0 Å². The van der Waals surface area contributed by atoms with Gasteiger partial charge in [0.25, 0.3) is 0 Å². The first-order valence-corrected chi connectivity index (χ1v) is 8.13. The summed E-state index contributed by atoms with van der Waals surface area (Å²) in [4.78, 5) is 3.13. The van der Waals surface area contributed by atoms with E-state index in [4.69, 9.17) is 0 Å². The maximum atomic E-state index is 3.79. The zero-order valence-corrected chi connectivity index (χ0v) is 13.8. The second-order valence-electron chi connectivity index (χ2n) is 4.03. The fraction of sp³-hybridized carbons (Fsp3) is 0.286. The highest BCUT2D eigenvalue weighted by Crippen LogP contribution is 2.36. The standard InChI is InChI=1S/C14H14Br2S/c1-3-11-5-7-13(17-11)14(16)10-4-6-12(15)9(2)8-10/h4-8,14H,3H2,1-2H3. The summed E-state index contributed by atoms with van der Waals surface area (Å²) in [5.41, 5.74) is 2.59. The van der Waals surface area contributed by atoms with Crippen molar-refractivity contribution in [2.75, 3.05) is 0 Å². The van der Waals surface area contributed by atoms with Crippen molar-refractivity contribution in [1.82, 2.24) is 0 Å². The van der Waals surface area contributed by atoms with E-state index in [1.54, 1.807) is 0 Å². The number of benzene rings is 1. The molecule has 0 aliphatic rings. The van der Waals surface area contributed by atoms with E-state index in [2.05, 4.69) is 76.0 Å². The van der Waals surface area contributed by atoms with E-state index >= 15 is 0 Å². The molecule has 90 valence electrons. The zero-order valence-electron chi connectivity index (χ0n) is 9.84. The highest BCUT2D eigenvalue weighted by Gasteiger charge is 2.13. The van der Waals surface area contributed by atoms with E-state index in [-0.39, 0.29) is 0 Å². The Balaban J connectivity index is 2.29. The topological polar surface area (TPSA) is 0 Å². The molecule has 1 atom stereocenters. The average molecular weight is 374 g/mol. The Kier molecular flexibility index (Phi) is 4.45. The monoisotopic (exact) mass is 372 g/mol. The van der Waals surface area contributed by atoms with Gasteiger partial charge in [0.15, 0.2) is 0 Å². The van der Waals surface area contributed by atoms with Gasteiger partial charge >= 0.3 is 0 Å². The second kappa shape index (κ2) is 5.68. The van der Waals surface area contributed by atoms with Gasteiger partial charge in [-0.15, -0.1) is 11.3 Å². The number of rotatable bonds is 3. The third kappa shape index (κ3) is 3.01. The van der Waals surface area contributed by atoms with Crippen LogP contribution in [0.2, 0.25) is 0 Å². The van der Waals surface area contributed by atoms with Gasteiger partial charge in [0.05, 0.1) is 4.83 Å². The minimum Gasteiger partial charge on any atom is -0.144 e. The van der Waals surface area contributed by atoms with Crippen LogP contribution in [0.4, 0.5) is 0 Å². The third-order valence-corrected chi connectivity index (χ3v) is 6.26. The molecule has 0 radical (unpaired) electrons. The predicted molar refractivity (Wildman–Crippen MR) is 83.3 cm³/mol. The molecule has 0 N–H and O–H groups in total. The lowest BCUT2D eigenvalue weighted by atomic mass is 10.1. The van der Waals surface area contributed by atoms with Crippen LogP contribution in [-0.4, -0.2) is 0 Å². The number of aryl methyl sites for hydroxylation is 2. The second-order valence-corrected chi connectivity index (χ2v) is 7.00. The molecule has 1 aromatic carbocycles. The molecule has 0 nitrogen and oxygen atoms in total. The quantitative estimate of drug-likeness (QED) is 0.590. The highest BCUT2D eigenvalue weighted by atomic mass is 79.9. The van der Waals surface area contributed by atoms with Crippen LogP contribution in [0.1, 0.15) is 32.6 Å². The van der Waals surface area contributed by atoms with Gasteiger partial charge in [-0.3, -0.25) is 0 Å². The average Bonchev–Trinajstić information content (AvgIpc) is 2.80. The van der Waals surface area contributed by atoms with Crippen molar-refractivity contribution in [3.63, 3.8) is 0 Å². The zero-order chi connectivity index (χ0) is 12.4. The van der Waals surface area contributed by atoms with Gasteiger partial charge in [-0.25, -0.2) is 0 Å². The van der Waals surface area contributed by atoms with Crippen LogP contribution >= 0.6 is 43.2 Å². The Morgan fingerprint density at radius 1 is 1.24 bits per heavy atom. The number of alkyl halides is 1. The van der Waals surface area contributed by atoms with E-state index in [0.717, 1.165) is 6.42 Å². The summed E-state index contributed by atoms with van der Waals surface area (Å²) < 4.78 is 1.17. The normalized spacial score (nSPS) is 12.7. The summed E-state index contributed by atoms with van der Waals surface area (Å²) in [6, 6.07) is 11.0. The van der Waals surface area contributed by atoms with Crippen molar-refractivity contribution in [3.05, 3.63) is 55.7 Å².